The Kier molecular flexibility index (Phi) is 7.14. The van der Waals surface area contributed by atoms with Crippen molar-refractivity contribution in [2.24, 2.45) is 0 Å². The number of carbonyl (C=O) groups is 2. The summed E-state index contributed by atoms with van der Waals surface area (Å²) >= 11 is 0. The number of rotatable bonds is 3. The van der Waals surface area contributed by atoms with Crippen molar-refractivity contribution in [2.45, 2.75) is 50.2 Å². The topological polar surface area (TPSA) is 91.8 Å². The van der Waals surface area contributed by atoms with Crippen molar-refractivity contribution in [3.63, 3.8) is 0 Å². The number of nitrogens with one attached hydrogen (secondary N) is 1. The van der Waals surface area contributed by atoms with Gasteiger partial charge in [0.1, 0.15) is 6.10 Å². The number of amides is 1. The third-order valence-electron chi connectivity index (χ3n) is 4.54. The summed E-state index contributed by atoms with van der Waals surface area (Å²) in [6.45, 7) is 1.89. The monoisotopic (exact) mass is 389 g/mol. The molecule has 0 aromatic carbocycles. The molecule has 10 heteroatoms. The summed E-state index contributed by atoms with van der Waals surface area (Å²) in [6.07, 6.45) is -0.493. The number of alkyl halides is 3. The Hall–Kier alpha value is -2.20. The normalized spacial score (nSPS) is 25.1. The van der Waals surface area contributed by atoms with E-state index in [0.29, 0.717) is 6.04 Å². The van der Waals surface area contributed by atoms with Gasteiger partial charge in [0.05, 0.1) is 11.8 Å². The summed E-state index contributed by atoms with van der Waals surface area (Å²) < 4.78 is 37.7. The van der Waals surface area contributed by atoms with Crippen LogP contribution in [0.3, 0.4) is 0 Å². The summed E-state index contributed by atoms with van der Waals surface area (Å²) in [5.41, 5.74) is 1.10. The summed E-state index contributed by atoms with van der Waals surface area (Å²) in [5, 5.41) is 9.80. The molecule has 2 N–H and O–H groups in total. The molecule has 1 aromatic heterocycles. The molecule has 2 saturated heterocycles. The first-order chi connectivity index (χ1) is 12.7. The van der Waals surface area contributed by atoms with Crippen LogP contribution in [0.4, 0.5) is 13.2 Å². The second-order valence-electron chi connectivity index (χ2n) is 6.31. The van der Waals surface area contributed by atoms with Crippen molar-refractivity contribution in [2.75, 3.05) is 13.6 Å². The van der Waals surface area contributed by atoms with E-state index in [-0.39, 0.29) is 18.1 Å². The minimum atomic E-state index is -5.08. The van der Waals surface area contributed by atoms with Crippen LogP contribution in [0.15, 0.2) is 24.4 Å². The standard InChI is InChI=1S/C15H21N3O2.C2HF3O2/c1-16-15(19)14-6-5-12-13(20-14)7-9-18(12)10-11-4-2-3-8-17-11;3-2(4,5)1(6)7/h2-4,8,12-14H,5-7,9-10H2,1H3,(H,16,19);(H,6,7)/t12-,13-,14+;/m1./s1. The first-order valence-corrected chi connectivity index (χ1v) is 8.53. The van der Waals surface area contributed by atoms with Crippen molar-refractivity contribution in [1.29, 1.82) is 0 Å². The van der Waals surface area contributed by atoms with Crippen LogP contribution in [0, 0.1) is 0 Å². The van der Waals surface area contributed by atoms with Crippen LogP contribution >= 0.6 is 0 Å². The Morgan fingerprint density at radius 3 is 2.59 bits per heavy atom. The fraction of sp³-hybridized carbons (Fsp3) is 0.588. The van der Waals surface area contributed by atoms with Gasteiger partial charge in [-0.25, -0.2) is 4.79 Å². The second kappa shape index (κ2) is 9.14. The highest BCUT2D eigenvalue weighted by molar-refractivity contribution is 5.80. The molecule has 0 bridgehead atoms. The lowest BCUT2D eigenvalue weighted by atomic mass is 9.98. The van der Waals surface area contributed by atoms with Gasteiger partial charge in [0.2, 0.25) is 5.91 Å². The molecule has 2 fully saturated rings. The summed E-state index contributed by atoms with van der Waals surface area (Å²) in [5.74, 6) is -2.75. The number of nitrogens with zero attached hydrogens (tertiary/aromatic N) is 2. The predicted octanol–water partition coefficient (Wildman–Crippen LogP) is 1.58. The summed E-state index contributed by atoms with van der Waals surface area (Å²) in [7, 11) is 1.67. The van der Waals surface area contributed by atoms with Gasteiger partial charge in [-0.1, -0.05) is 6.07 Å². The number of likely N-dealkylation sites (tertiary alicyclic amines) is 1. The molecular formula is C17H22F3N3O4. The molecule has 0 saturated carbocycles. The van der Waals surface area contributed by atoms with Crippen molar-refractivity contribution < 1.29 is 32.6 Å². The molecule has 3 rings (SSSR count). The molecular weight excluding hydrogens is 367 g/mol. The van der Waals surface area contributed by atoms with Crippen LogP contribution < -0.4 is 5.32 Å². The van der Waals surface area contributed by atoms with Crippen molar-refractivity contribution in [3.8, 4) is 0 Å². The molecule has 3 heterocycles. The molecule has 2 aliphatic heterocycles. The van der Waals surface area contributed by atoms with Crippen molar-refractivity contribution in [3.05, 3.63) is 30.1 Å². The third-order valence-corrected chi connectivity index (χ3v) is 4.54. The Bertz CT molecular complexity index is 642. The maximum atomic E-state index is 11.7. The molecule has 0 aliphatic carbocycles. The number of likely N-dealkylation sites (N-methyl/N-ethyl adjacent to an activating group) is 1. The number of aliphatic carboxylic acids is 1. The van der Waals surface area contributed by atoms with E-state index in [0.717, 1.165) is 38.0 Å². The molecule has 7 nitrogen and oxygen atoms in total. The Balaban J connectivity index is 0.000000321. The lowest BCUT2D eigenvalue weighted by Crippen LogP contribution is -2.47. The lowest BCUT2D eigenvalue weighted by molar-refractivity contribution is -0.192. The van der Waals surface area contributed by atoms with E-state index in [2.05, 4.69) is 21.3 Å². The highest BCUT2D eigenvalue weighted by Gasteiger charge is 2.41. The lowest BCUT2D eigenvalue weighted by Gasteiger charge is -2.35. The van der Waals surface area contributed by atoms with Gasteiger partial charge >= 0.3 is 12.1 Å². The van der Waals surface area contributed by atoms with Crippen LogP contribution in [0.1, 0.15) is 25.0 Å². The van der Waals surface area contributed by atoms with Crippen LogP contribution in [-0.4, -0.2) is 64.9 Å². The van der Waals surface area contributed by atoms with Gasteiger partial charge in [-0.3, -0.25) is 14.7 Å². The van der Waals surface area contributed by atoms with Gasteiger partial charge in [0.25, 0.3) is 0 Å². The van der Waals surface area contributed by atoms with Crippen LogP contribution in [-0.2, 0) is 20.9 Å². The maximum absolute atomic E-state index is 11.7. The van der Waals surface area contributed by atoms with Gasteiger partial charge in [0, 0.05) is 32.4 Å². The molecule has 3 atom stereocenters. The fourth-order valence-corrected chi connectivity index (χ4v) is 3.26. The van der Waals surface area contributed by atoms with Gasteiger partial charge < -0.3 is 15.2 Å². The average Bonchev–Trinajstić information content (AvgIpc) is 3.03. The van der Waals surface area contributed by atoms with Crippen LogP contribution in [0.5, 0.6) is 0 Å². The zero-order chi connectivity index (χ0) is 20.0. The number of hydrogen-bond donors (Lipinski definition) is 2. The van der Waals surface area contributed by atoms with Gasteiger partial charge in [0.15, 0.2) is 0 Å². The molecule has 1 aromatic rings. The molecule has 150 valence electrons. The molecule has 0 radical (unpaired) electrons. The minimum Gasteiger partial charge on any atom is -0.475 e. The minimum absolute atomic E-state index is 0.00614. The van der Waals surface area contributed by atoms with E-state index in [4.69, 9.17) is 14.6 Å². The molecule has 0 unspecified atom stereocenters. The third kappa shape index (κ3) is 5.90. The first-order valence-electron chi connectivity index (χ1n) is 8.53. The average molecular weight is 389 g/mol. The smallest absolute Gasteiger partial charge is 0.475 e. The van der Waals surface area contributed by atoms with Gasteiger partial charge in [-0.05, 0) is 31.4 Å². The largest absolute Gasteiger partial charge is 0.490 e. The zero-order valence-electron chi connectivity index (χ0n) is 14.8. The van der Waals surface area contributed by atoms with Crippen LogP contribution in [0.2, 0.25) is 0 Å². The number of carboxylic acids is 1. The fourth-order valence-electron chi connectivity index (χ4n) is 3.26. The molecule has 27 heavy (non-hydrogen) atoms. The number of fused-ring (bicyclic) bond motifs is 1. The summed E-state index contributed by atoms with van der Waals surface area (Å²) in [4.78, 5) is 27.4. The number of pyridine rings is 1. The Labute approximate surface area is 154 Å². The second-order valence-corrected chi connectivity index (χ2v) is 6.31. The number of aromatic nitrogens is 1. The molecule has 0 spiro atoms. The quantitative estimate of drug-likeness (QED) is 0.816. The van der Waals surface area contributed by atoms with E-state index in [1.54, 1.807) is 7.05 Å². The maximum Gasteiger partial charge on any atom is 0.490 e. The first kappa shape index (κ1) is 21.1. The number of hydrogen-bond acceptors (Lipinski definition) is 5. The predicted molar refractivity (Wildman–Crippen MR) is 88.7 cm³/mol. The van der Waals surface area contributed by atoms with E-state index >= 15 is 0 Å². The van der Waals surface area contributed by atoms with E-state index in [1.807, 2.05) is 18.3 Å². The van der Waals surface area contributed by atoms with E-state index < -0.39 is 12.1 Å². The Morgan fingerprint density at radius 1 is 1.33 bits per heavy atom. The molecule has 1 amide bonds. The Morgan fingerprint density at radius 2 is 2.04 bits per heavy atom. The number of ether oxygens (including phenoxy) is 1. The number of carbonyl (C=O) groups excluding carboxylic acids is 1. The highest BCUT2D eigenvalue weighted by atomic mass is 19.4. The highest BCUT2D eigenvalue weighted by Crippen LogP contribution is 2.32. The van der Waals surface area contributed by atoms with Crippen molar-refractivity contribution in [1.82, 2.24) is 15.2 Å². The number of carboxylic acid groups (broad SMARTS) is 1. The summed E-state index contributed by atoms with van der Waals surface area (Å²) in [6, 6.07) is 6.45. The zero-order valence-corrected chi connectivity index (χ0v) is 14.8. The molecule has 2 aliphatic rings. The van der Waals surface area contributed by atoms with Gasteiger partial charge in [-0.2, -0.15) is 13.2 Å². The van der Waals surface area contributed by atoms with Crippen molar-refractivity contribution >= 4 is 11.9 Å². The van der Waals surface area contributed by atoms with E-state index in [1.165, 1.54) is 0 Å². The van der Waals surface area contributed by atoms with Gasteiger partial charge in [-0.15, -0.1) is 0 Å². The van der Waals surface area contributed by atoms with E-state index in [9.17, 15) is 18.0 Å². The number of halogens is 3. The van der Waals surface area contributed by atoms with Crippen LogP contribution in [0.25, 0.3) is 0 Å². The SMILES string of the molecule is CNC(=O)[C@@H]1CC[C@@H]2[C@@H](CCN2Cc2ccccn2)O1.O=C(O)C(F)(F)F.